The molecule has 2 N–H and O–H groups in total. The van der Waals surface area contributed by atoms with Crippen molar-refractivity contribution in [3.05, 3.63) is 101 Å². The zero-order valence-electron chi connectivity index (χ0n) is 22.7. The summed E-state index contributed by atoms with van der Waals surface area (Å²) >= 11 is 0. The summed E-state index contributed by atoms with van der Waals surface area (Å²) < 4.78 is 41.5. The maximum Gasteiger partial charge on any atom is 0.491 e. The quantitative estimate of drug-likeness (QED) is 0.214. The molecule has 0 radical (unpaired) electrons. The highest BCUT2D eigenvalue weighted by molar-refractivity contribution is 6.10. The fourth-order valence-electron chi connectivity index (χ4n) is 4.87. The third-order valence-electron chi connectivity index (χ3n) is 6.87. The van der Waals surface area contributed by atoms with Crippen LogP contribution >= 0.6 is 0 Å². The van der Waals surface area contributed by atoms with Crippen LogP contribution in [0.1, 0.15) is 52.4 Å². The number of hydrogen-bond acceptors (Lipinski definition) is 6. The second kappa shape index (κ2) is 13.4. The topological polar surface area (TPSA) is 110 Å². The summed E-state index contributed by atoms with van der Waals surface area (Å²) in [7, 11) is 0. The van der Waals surface area contributed by atoms with E-state index in [1.54, 1.807) is 17.0 Å². The number of amides is 2. The van der Waals surface area contributed by atoms with Crippen molar-refractivity contribution in [2.24, 2.45) is 5.73 Å². The molecule has 0 atom stereocenters. The van der Waals surface area contributed by atoms with Gasteiger partial charge in [-0.05, 0) is 54.6 Å². The van der Waals surface area contributed by atoms with E-state index in [1.807, 2.05) is 66.7 Å². The van der Waals surface area contributed by atoms with Gasteiger partial charge in [-0.25, -0.2) is 4.79 Å². The van der Waals surface area contributed by atoms with Gasteiger partial charge < -0.3 is 15.4 Å². The molecule has 0 unspecified atom stereocenters. The van der Waals surface area contributed by atoms with E-state index < -0.39 is 55.5 Å². The highest BCUT2D eigenvalue weighted by atomic mass is 19.4. The van der Waals surface area contributed by atoms with E-state index in [0.29, 0.717) is 18.7 Å². The third kappa shape index (κ3) is 7.22. The first-order valence-electron chi connectivity index (χ1n) is 13.5. The molecule has 1 aliphatic heterocycles. The van der Waals surface area contributed by atoms with E-state index in [2.05, 4.69) is 4.74 Å². The molecule has 0 bridgehead atoms. The average molecular weight is 582 g/mol. The molecule has 11 heteroatoms. The Bertz CT molecular complexity index is 1390. The molecule has 3 aromatic rings. The highest BCUT2D eigenvalue weighted by Gasteiger charge is 2.43. The zero-order valence-corrected chi connectivity index (χ0v) is 22.7. The number of halogens is 3. The van der Waals surface area contributed by atoms with Gasteiger partial charge in [0.05, 0.1) is 23.7 Å². The van der Waals surface area contributed by atoms with Crippen LogP contribution in [-0.2, 0) is 25.5 Å². The van der Waals surface area contributed by atoms with Gasteiger partial charge in [0.2, 0.25) is 5.91 Å². The molecule has 0 spiro atoms. The molecule has 0 saturated carbocycles. The van der Waals surface area contributed by atoms with Crippen LogP contribution in [0.2, 0.25) is 0 Å². The van der Waals surface area contributed by atoms with E-state index >= 15 is 0 Å². The van der Waals surface area contributed by atoms with Crippen LogP contribution < -0.4 is 10.6 Å². The molecule has 1 aliphatic rings. The molecule has 0 fully saturated rings. The number of fused-ring (bicyclic) bond motifs is 1. The Hall–Kier alpha value is -4.51. The minimum atomic E-state index is -5.34. The highest BCUT2D eigenvalue weighted by Crippen LogP contribution is 2.37. The summed E-state index contributed by atoms with van der Waals surface area (Å²) in [6.07, 6.45) is -3.85. The number of benzene rings is 3. The molecule has 0 aliphatic carbocycles. The van der Waals surface area contributed by atoms with Crippen molar-refractivity contribution in [3.63, 3.8) is 0 Å². The molecule has 42 heavy (non-hydrogen) atoms. The van der Waals surface area contributed by atoms with Gasteiger partial charge in [-0.2, -0.15) is 13.2 Å². The first-order chi connectivity index (χ1) is 20.1. The van der Waals surface area contributed by atoms with Crippen LogP contribution in [0, 0.1) is 0 Å². The molecular formula is C31H30F3N3O5. The van der Waals surface area contributed by atoms with Crippen LogP contribution in [-0.4, -0.2) is 54.5 Å². The second-order valence-corrected chi connectivity index (χ2v) is 9.82. The Labute approximate surface area is 240 Å². The predicted molar refractivity (Wildman–Crippen MR) is 148 cm³/mol. The van der Waals surface area contributed by atoms with Crippen LogP contribution in [0.4, 0.5) is 18.9 Å². The van der Waals surface area contributed by atoms with Crippen molar-refractivity contribution in [2.45, 2.75) is 37.9 Å². The maximum atomic E-state index is 14.0. The normalized spacial score (nSPS) is 13.6. The smallest absolute Gasteiger partial charge is 0.386 e. The van der Waals surface area contributed by atoms with Crippen LogP contribution in [0.15, 0.2) is 78.9 Å². The standard InChI is InChI=1S/C31H30F3N3O5/c32-31(33,34)30(41)42-27(39)16-18-36-20-26(38)37(25-15-14-21(9-7-8-17-35)19-24(25)29(36)40)28(22-10-3-1-4-11-22)23-12-5-2-6-13-23/h1-6,10-15,19,28H,7-9,16-18,20,35H2. The lowest BCUT2D eigenvalue weighted by molar-refractivity contribution is -0.201. The molecular weight excluding hydrogens is 551 g/mol. The minimum absolute atomic E-state index is 0.211. The maximum absolute atomic E-state index is 14.0. The van der Waals surface area contributed by atoms with Gasteiger partial charge in [0, 0.05) is 6.54 Å². The lowest BCUT2D eigenvalue weighted by Gasteiger charge is -2.33. The number of nitrogens with two attached hydrogens (primary N) is 1. The van der Waals surface area contributed by atoms with Crippen molar-refractivity contribution >= 4 is 29.4 Å². The van der Waals surface area contributed by atoms with Gasteiger partial charge >= 0.3 is 18.1 Å². The summed E-state index contributed by atoms with van der Waals surface area (Å²) in [4.78, 5) is 53.5. The average Bonchev–Trinajstić information content (AvgIpc) is 3.07. The van der Waals surface area contributed by atoms with Gasteiger partial charge in [0.25, 0.3) is 5.91 Å². The van der Waals surface area contributed by atoms with E-state index in [0.717, 1.165) is 34.4 Å². The largest absolute Gasteiger partial charge is 0.491 e. The number of alkyl halides is 3. The molecule has 0 aromatic heterocycles. The first-order valence-corrected chi connectivity index (χ1v) is 13.5. The Balaban J connectivity index is 1.73. The van der Waals surface area contributed by atoms with Crippen molar-refractivity contribution in [2.75, 3.05) is 24.5 Å². The molecule has 220 valence electrons. The van der Waals surface area contributed by atoms with E-state index in [9.17, 15) is 32.3 Å². The van der Waals surface area contributed by atoms with Crippen LogP contribution in [0.25, 0.3) is 0 Å². The number of esters is 2. The molecule has 1 heterocycles. The van der Waals surface area contributed by atoms with Gasteiger partial charge in [0.1, 0.15) is 6.54 Å². The van der Waals surface area contributed by atoms with E-state index in [1.165, 1.54) is 0 Å². The summed E-state index contributed by atoms with van der Waals surface area (Å²) in [5.41, 5.74) is 8.64. The van der Waals surface area contributed by atoms with Gasteiger partial charge in [0.15, 0.2) is 0 Å². The predicted octanol–water partition coefficient (Wildman–Crippen LogP) is 4.57. The summed E-state index contributed by atoms with van der Waals surface area (Å²) in [6, 6.07) is 23.3. The second-order valence-electron chi connectivity index (χ2n) is 9.82. The molecule has 8 nitrogen and oxygen atoms in total. The van der Waals surface area contributed by atoms with Crippen LogP contribution in [0.5, 0.6) is 0 Å². The lowest BCUT2D eigenvalue weighted by atomic mass is 9.95. The third-order valence-corrected chi connectivity index (χ3v) is 6.87. The molecule has 4 rings (SSSR count). The van der Waals surface area contributed by atoms with Crippen molar-refractivity contribution in [1.82, 2.24) is 4.90 Å². The number of carbonyl (C=O) groups is 4. The van der Waals surface area contributed by atoms with Crippen molar-refractivity contribution in [1.29, 1.82) is 0 Å². The van der Waals surface area contributed by atoms with Crippen LogP contribution in [0.3, 0.4) is 0 Å². The SMILES string of the molecule is NCCCCc1ccc2c(c1)C(=O)N(CCC(=O)OC(=O)C(F)(F)F)CC(=O)N2C(c1ccccc1)c1ccccc1. The summed E-state index contributed by atoms with van der Waals surface area (Å²) in [6.45, 7) is -0.365. The number of hydrogen-bond donors (Lipinski definition) is 1. The van der Waals surface area contributed by atoms with Gasteiger partial charge in [-0.1, -0.05) is 66.7 Å². The Morgan fingerprint density at radius 2 is 1.52 bits per heavy atom. The Morgan fingerprint density at radius 1 is 0.905 bits per heavy atom. The van der Waals surface area contributed by atoms with E-state index in [-0.39, 0.29) is 5.56 Å². The number of ether oxygens (including phenoxy) is 1. The fourth-order valence-corrected chi connectivity index (χ4v) is 4.87. The van der Waals surface area contributed by atoms with Gasteiger partial charge in [-0.3, -0.25) is 19.3 Å². The Kier molecular flexibility index (Phi) is 9.74. The summed E-state index contributed by atoms with van der Waals surface area (Å²) in [5, 5.41) is 0. The van der Waals surface area contributed by atoms with Crippen molar-refractivity contribution < 1.29 is 37.1 Å². The molecule has 3 aromatic carbocycles. The number of carbonyl (C=O) groups excluding carboxylic acids is 4. The van der Waals surface area contributed by atoms with E-state index in [4.69, 9.17) is 5.73 Å². The number of aryl methyl sites for hydroxylation is 1. The lowest BCUT2D eigenvalue weighted by Crippen LogP contribution is -2.42. The first kappa shape index (κ1) is 30.4. The summed E-state index contributed by atoms with van der Waals surface area (Å²) in [5.74, 6) is -5.13. The monoisotopic (exact) mass is 581 g/mol. The minimum Gasteiger partial charge on any atom is -0.386 e. The number of rotatable bonds is 10. The molecule has 2 amide bonds. The number of anilines is 1. The number of unbranched alkanes of at least 4 members (excludes halogenated alkanes) is 1. The zero-order chi connectivity index (χ0) is 30.3. The number of nitrogens with zero attached hydrogens (tertiary/aromatic N) is 2. The molecule has 0 saturated heterocycles. The van der Waals surface area contributed by atoms with Gasteiger partial charge in [-0.15, -0.1) is 0 Å². The van der Waals surface area contributed by atoms with Crippen molar-refractivity contribution in [3.8, 4) is 0 Å². The fraction of sp³-hybridized carbons (Fsp3) is 0.290. The Morgan fingerprint density at radius 3 is 2.10 bits per heavy atom.